The molecule has 1 atom stereocenters. The maximum absolute atomic E-state index is 12.8. The van der Waals surface area contributed by atoms with Gasteiger partial charge in [-0.15, -0.1) is 0 Å². The van der Waals surface area contributed by atoms with Crippen molar-refractivity contribution < 1.29 is 18.4 Å². The fraction of sp³-hybridized carbons (Fsp3) is 0.875. The van der Waals surface area contributed by atoms with Gasteiger partial charge in [-0.2, -0.15) is 13.2 Å². The fourth-order valence-electron chi connectivity index (χ4n) is 1.71. The minimum atomic E-state index is -4.38. The first kappa shape index (κ1) is 11.3. The van der Waals surface area contributed by atoms with Crippen LogP contribution in [0.2, 0.25) is 0 Å². The van der Waals surface area contributed by atoms with Crippen LogP contribution in [-0.4, -0.2) is 28.8 Å². The molecule has 6 heteroatoms. The quantitative estimate of drug-likeness (QED) is 0.697. The average molecular weight is 210 g/mol. The molecule has 3 nitrogen and oxygen atoms in total. The number of halogens is 3. The van der Waals surface area contributed by atoms with Crippen LogP contribution in [0.15, 0.2) is 0 Å². The zero-order valence-corrected chi connectivity index (χ0v) is 8.02. The Morgan fingerprint density at radius 2 is 2.00 bits per heavy atom. The van der Waals surface area contributed by atoms with E-state index in [4.69, 9.17) is 10.6 Å². The van der Waals surface area contributed by atoms with E-state index in [2.05, 4.69) is 0 Å². The Labute approximate surface area is 80.0 Å². The molecule has 14 heavy (non-hydrogen) atoms. The number of nitrogens with zero attached hydrogens (tertiary/aromatic N) is 1. The van der Waals surface area contributed by atoms with Gasteiger partial charge in [0.15, 0.2) is 0 Å². The zero-order valence-electron chi connectivity index (χ0n) is 8.02. The summed E-state index contributed by atoms with van der Waals surface area (Å²) < 4.78 is 38.3. The highest BCUT2D eigenvalue weighted by Gasteiger charge is 2.61. The second-order valence-corrected chi connectivity index (χ2v) is 3.99. The first-order valence-corrected chi connectivity index (χ1v) is 4.31. The van der Waals surface area contributed by atoms with E-state index in [-0.39, 0.29) is 5.84 Å². The van der Waals surface area contributed by atoms with Crippen LogP contribution in [0.5, 0.6) is 0 Å². The molecule has 1 aliphatic rings. The normalized spacial score (nSPS) is 29.1. The largest absolute Gasteiger partial charge is 0.396 e. The monoisotopic (exact) mass is 210 g/mol. The number of alkyl halides is 3. The van der Waals surface area contributed by atoms with Crippen LogP contribution in [0.25, 0.3) is 0 Å². The summed E-state index contributed by atoms with van der Waals surface area (Å²) in [6.07, 6.45) is -4.82. The van der Waals surface area contributed by atoms with E-state index in [1.165, 1.54) is 13.8 Å². The van der Waals surface area contributed by atoms with Crippen LogP contribution in [0.3, 0.4) is 0 Å². The summed E-state index contributed by atoms with van der Waals surface area (Å²) in [6, 6.07) is 0. The zero-order chi connectivity index (χ0) is 11.1. The predicted molar refractivity (Wildman–Crippen MR) is 44.2 cm³/mol. The molecule has 0 aromatic heterocycles. The van der Waals surface area contributed by atoms with Crippen molar-refractivity contribution in [3.8, 4) is 0 Å². The second-order valence-electron chi connectivity index (χ2n) is 3.99. The molecule has 1 rings (SSSR count). The Bertz CT molecular complexity index is 251. The minimum absolute atomic E-state index is 0.365. The van der Waals surface area contributed by atoms with Gasteiger partial charge in [-0.25, -0.2) is 5.06 Å². The van der Waals surface area contributed by atoms with E-state index in [0.717, 1.165) is 0 Å². The molecule has 1 aliphatic heterocycles. The summed E-state index contributed by atoms with van der Waals surface area (Å²) in [4.78, 5) is 0. The van der Waals surface area contributed by atoms with Crippen LogP contribution >= 0.6 is 0 Å². The van der Waals surface area contributed by atoms with Crippen molar-refractivity contribution in [2.24, 2.45) is 11.3 Å². The van der Waals surface area contributed by atoms with Gasteiger partial charge in [0, 0.05) is 6.42 Å². The number of amidine groups is 1. The summed E-state index contributed by atoms with van der Waals surface area (Å²) in [5, 5.41) is 16.6. The van der Waals surface area contributed by atoms with Gasteiger partial charge in [0.2, 0.25) is 0 Å². The summed E-state index contributed by atoms with van der Waals surface area (Å²) in [6.45, 7) is 2.38. The molecule has 0 aromatic carbocycles. The Hall–Kier alpha value is -0.780. The third-order valence-corrected chi connectivity index (χ3v) is 2.90. The van der Waals surface area contributed by atoms with E-state index in [1.54, 1.807) is 0 Å². The van der Waals surface area contributed by atoms with Crippen molar-refractivity contribution in [1.29, 1.82) is 5.41 Å². The van der Waals surface area contributed by atoms with Crippen LogP contribution in [0.1, 0.15) is 20.3 Å². The van der Waals surface area contributed by atoms with E-state index in [0.29, 0.717) is 5.06 Å². The minimum Gasteiger partial charge on any atom is -0.287 e. The Morgan fingerprint density at radius 1 is 1.50 bits per heavy atom. The van der Waals surface area contributed by atoms with E-state index < -0.39 is 30.5 Å². The van der Waals surface area contributed by atoms with Crippen molar-refractivity contribution >= 4 is 5.84 Å². The number of rotatable bonds is 1. The van der Waals surface area contributed by atoms with Crippen molar-refractivity contribution in [3.05, 3.63) is 0 Å². The van der Waals surface area contributed by atoms with Gasteiger partial charge in [-0.3, -0.25) is 10.6 Å². The maximum atomic E-state index is 12.8. The smallest absolute Gasteiger partial charge is 0.287 e. The standard InChI is InChI=1S/C8H13F3N2O/c1-5(2)7(8(9,10)11)3-6(12)13(14)4-7/h5,12,14H,3-4H2,1-2H3. The van der Waals surface area contributed by atoms with E-state index >= 15 is 0 Å². The molecule has 0 aromatic rings. The van der Waals surface area contributed by atoms with Gasteiger partial charge < -0.3 is 0 Å². The van der Waals surface area contributed by atoms with Gasteiger partial charge in [0.1, 0.15) is 5.84 Å². The molecule has 0 radical (unpaired) electrons. The predicted octanol–water partition coefficient (Wildman–Crippen LogP) is 2.26. The Morgan fingerprint density at radius 3 is 2.14 bits per heavy atom. The third-order valence-electron chi connectivity index (χ3n) is 2.90. The molecular formula is C8H13F3N2O. The Balaban J connectivity index is 3.04. The van der Waals surface area contributed by atoms with Crippen LogP contribution < -0.4 is 0 Å². The number of hydrogen-bond donors (Lipinski definition) is 2. The highest BCUT2D eigenvalue weighted by atomic mass is 19.4. The van der Waals surface area contributed by atoms with Crippen LogP contribution in [-0.2, 0) is 0 Å². The molecule has 1 unspecified atom stereocenters. The molecule has 2 N–H and O–H groups in total. The van der Waals surface area contributed by atoms with Gasteiger partial charge >= 0.3 is 6.18 Å². The van der Waals surface area contributed by atoms with Crippen molar-refractivity contribution in [3.63, 3.8) is 0 Å². The molecule has 82 valence electrons. The highest BCUT2D eigenvalue weighted by molar-refractivity contribution is 5.81. The molecule has 1 fully saturated rings. The molecule has 1 saturated heterocycles. The first-order valence-electron chi connectivity index (χ1n) is 4.31. The highest BCUT2D eigenvalue weighted by Crippen LogP contribution is 2.50. The number of nitrogens with one attached hydrogen (secondary N) is 1. The molecule has 1 heterocycles. The topological polar surface area (TPSA) is 47.3 Å². The lowest BCUT2D eigenvalue weighted by atomic mass is 9.75. The lowest BCUT2D eigenvalue weighted by Crippen LogP contribution is -2.44. The summed E-state index contributed by atoms with van der Waals surface area (Å²) in [7, 11) is 0. The lowest BCUT2D eigenvalue weighted by molar-refractivity contribution is -0.242. The van der Waals surface area contributed by atoms with E-state index in [9.17, 15) is 13.2 Å². The van der Waals surface area contributed by atoms with Crippen LogP contribution in [0.4, 0.5) is 13.2 Å². The molecule has 0 spiro atoms. The van der Waals surface area contributed by atoms with Gasteiger partial charge in [0.25, 0.3) is 0 Å². The third kappa shape index (κ3) is 1.47. The first-order chi connectivity index (χ1) is 6.21. The summed E-state index contributed by atoms with van der Waals surface area (Å²) in [5.74, 6) is -1.02. The van der Waals surface area contributed by atoms with Crippen LogP contribution in [0, 0.1) is 16.7 Å². The second kappa shape index (κ2) is 3.12. The molecule has 0 aliphatic carbocycles. The number of hydroxylamine groups is 2. The van der Waals surface area contributed by atoms with Gasteiger partial charge in [-0.05, 0) is 5.92 Å². The van der Waals surface area contributed by atoms with Gasteiger partial charge in [-0.1, -0.05) is 13.8 Å². The summed E-state index contributed by atoms with van der Waals surface area (Å²) in [5.41, 5.74) is -1.97. The number of hydrogen-bond acceptors (Lipinski definition) is 2. The maximum Gasteiger partial charge on any atom is 0.396 e. The Kier molecular flexibility index (Phi) is 2.51. The lowest BCUT2D eigenvalue weighted by Gasteiger charge is -2.34. The SMILES string of the molecule is CC(C)C1(C(F)(F)F)CC(=N)N(O)C1. The molecular weight excluding hydrogens is 197 g/mol. The van der Waals surface area contributed by atoms with E-state index in [1.807, 2.05) is 0 Å². The summed E-state index contributed by atoms with van der Waals surface area (Å²) >= 11 is 0. The fourth-order valence-corrected chi connectivity index (χ4v) is 1.71. The van der Waals surface area contributed by atoms with Crippen molar-refractivity contribution in [2.45, 2.75) is 26.4 Å². The average Bonchev–Trinajstić information content (AvgIpc) is 2.28. The molecule has 0 amide bonds. The van der Waals surface area contributed by atoms with Gasteiger partial charge in [0.05, 0.1) is 12.0 Å². The van der Waals surface area contributed by atoms with Crippen molar-refractivity contribution in [1.82, 2.24) is 5.06 Å². The molecule has 0 saturated carbocycles. The van der Waals surface area contributed by atoms with Crippen molar-refractivity contribution in [2.75, 3.05) is 6.54 Å². The molecule has 0 bridgehead atoms.